The van der Waals surface area contributed by atoms with Crippen LogP contribution in [0.3, 0.4) is 0 Å². The SMILES string of the molecule is CCc1ccc(-c2c(-c3ccc(-c4ccccc4)cc3)n[nH]c2-c2ccc(C(C)(C)C)cc2)cc1. The second kappa shape index (κ2) is 9.38. The molecule has 2 nitrogen and oxygen atoms in total. The lowest BCUT2D eigenvalue weighted by atomic mass is 9.86. The highest BCUT2D eigenvalue weighted by Gasteiger charge is 2.19. The number of benzene rings is 4. The summed E-state index contributed by atoms with van der Waals surface area (Å²) in [5.74, 6) is 0. The average molecular weight is 457 g/mol. The molecule has 0 saturated carbocycles. The number of nitrogens with one attached hydrogen (secondary N) is 1. The first-order chi connectivity index (χ1) is 16.9. The van der Waals surface area contributed by atoms with Crippen molar-refractivity contribution in [3.8, 4) is 44.8 Å². The minimum atomic E-state index is 0.122. The molecule has 0 saturated heterocycles. The third kappa shape index (κ3) is 4.70. The molecule has 1 N–H and O–H groups in total. The van der Waals surface area contributed by atoms with E-state index in [9.17, 15) is 0 Å². The number of nitrogens with zero attached hydrogens (tertiary/aromatic N) is 1. The Morgan fingerprint density at radius 2 is 1.14 bits per heavy atom. The van der Waals surface area contributed by atoms with E-state index < -0.39 is 0 Å². The summed E-state index contributed by atoms with van der Waals surface area (Å²) in [7, 11) is 0. The first-order valence-electron chi connectivity index (χ1n) is 12.4. The van der Waals surface area contributed by atoms with Gasteiger partial charge in [0.2, 0.25) is 0 Å². The van der Waals surface area contributed by atoms with Gasteiger partial charge in [0.15, 0.2) is 0 Å². The van der Waals surface area contributed by atoms with Crippen molar-refractivity contribution in [1.82, 2.24) is 10.2 Å². The van der Waals surface area contributed by atoms with Gasteiger partial charge in [0, 0.05) is 16.7 Å². The van der Waals surface area contributed by atoms with Gasteiger partial charge < -0.3 is 0 Å². The Labute approximate surface area is 208 Å². The number of aromatic amines is 1. The number of hydrogen-bond acceptors (Lipinski definition) is 1. The summed E-state index contributed by atoms with van der Waals surface area (Å²) in [4.78, 5) is 0. The molecule has 35 heavy (non-hydrogen) atoms. The van der Waals surface area contributed by atoms with Gasteiger partial charge in [-0.2, -0.15) is 5.10 Å². The molecule has 0 aliphatic carbocycles. The third-order valence-electron chi connectivity index (χ3n) is 6.72. The first kappa shape index (κ1) is 22.9. The highest BCUT2D eigenvalue weighted by molar-refractivity contribution is 5.91. The molecule has 0 spiro atoms. The predicted octanol–water partition coefficient (Wildman–Crippen LogP) is 8.94. The van der Waals surface area contributed by atoms with Gasteiger partial charge in [-0.25, -0.2) is 0 Å². The average Bonchev–Trinajstić information content (AvgIpc) is 3.34. The van der Waals surface area contributed by atoms with Gasteiger partial charge in [-0.05, 0) is 39.7 Å². The predicted molar refractivity (Wildman–Crippen MR) is 148 cm³/mol. The Balaban J connectivity index is 1.61. The highest BCUT2D eigenvalue weighted by Crippen LogP contribution is 2.39. The van der Waals surface area contributed by atoms with Crippen LogP contribution in [0.2, 0.25) is 0 Å². The summed E-state index contributed by atoms with van der Waals surface area (Å²) in [6, 6.07) is 37.0. The van der Waals surface area contributed by atoms with E-state index in [1.54, 1.807) is 0 Å². The number of rotatable bonds is 5. The maximum absolute atomic E-state index is 4.83. The molecule has 0 radical (unpaired) electrons. The fourth-order valence-corrected chi connectivity index (χ4v) is 4.54. The molecule has 174 valence electrons. The molecular weight excluding hydrogens is 424 g/mol. The van der Waals surface area contributed by atoms with E-state index in [0.29, 0.717) is 0 Å². The van der Waals surface area contributed by atoms with Crippen LogP contribution in [0.1, 0.15) is 38.8 Å². The van der Waals surface area contributed by atoms with Crippen molar-refractivity contribution in [3.05, 3.63) is 114 Å². The molecule has 2 heteroatoms. The minimum Gasteiger partial charge on any atom is -0.277 e. The second-order valence-corrected chi connectivity index (χ2v) is 10.1. The van der Waals surface area contributed by atoms with Crippen molar-refractivity contribution in [2.75, 3.05) is 0 Å². The molecule has 0 bridgehead atoms. The zero-order valence-electron chi connectivity index (χ0n) is 21.0. The summed E-state index contributed by atoms with van der Waals surface area (Å²) in [5, 5.41) is 8.20. The van der Waals surface area contributed by atoms with E-state index in [4.69, 9.17) is 5.10 Å². The lowest BCUT2D eigenvalue weighted by molar-refractivity contribution is 0.590. The summed E-state index contributed by atoms with van der Waals surface area (Å²) >= 11 is 0. The molecule has 5 aromatic rings. The van der Waals surface area contributed by atoms with Gasteiger partial charge in [-0.15, -0.1) is 0 Å². The van der Waals surface area contributed by atoms with Gasteiger partial charge in [0.25, 0.3) is 0 Å². The summed E-state index contributed by atoms with van der Waals surface area (Å²) in [6.07, 6.45) is 1.03. The molecule has 0 aliphatic heterocycles. The molecule has 0 amide bonds. The Hall–Kier alpha value is -3.91. The second-order valence-electron chi connectivity index (χ2n) is 10.1. The lowest BCUT2D eigenvalue weighted by Gasteiger charge is -2.19. The van der Waals surface area contributed by atoms with E-state index in [2.05, 4.69) is 130 Å². The third-order valence-corrected chi connectivity index (χ3v) is 6.72. The van der Waals surface area contributed by atoms with Crippen LogP contribution in [0, 0.1) is 0 Å². The van der Waals surface area contributed by atoms with E-state index in [0.717, 1.165) is 34.5 Å². The molecule has 0 atom stereocenters. The molecule has 1 heterocycles. The van der Waals surface area contributed by atoms with Crippen molar-refractivity contribution < 1.29 is 0 Å². The Morgan fingerprint density at radius 1 is 0.600 bits per heavy atom. The molecule has 0 unspecified atom stereocenters. The molecule has 0 aliphatic rings. The van der Waals surface area contributed by atoms with Crippen LogP contribution in [0.25, 0.3) is 44.8 Å². The Morgan fingerprint density at radius 3 is 1.74 bits per heavy atom. The van der Waals surface area contributed by atoms with Crippen molar-refractivity contribution in [2.45, 2.75) is 39.5 Å². The van der Waals surface area contributed by atoms with Crippen molar-refractivity contribution >= 4 is 0 Å². The Bertz CT molecular complexity index is 1400. The largest absolute Gasteiger partial charge is 0.277 e. The maximum atomic E-state index is 4.83. The maximum Gasteiger partial charge on any atom is 0.101 e. The molecule has 0 fully saturated rings. The normalized spacial score (nSPS) is 11.5. The number of hydrogen-bond donors (Lipinski definition) is 1. The molecule has 1 aromatic heterocycles. The zero-order valence-corrected chi connectivity index (χ0v) is 21.0. The number of aryl methyl sites for hydroxylation is 1. The zero-order chi connectivity index (χ0) is 24.4. The standard InChI is InChI=1S/C33H32N2/c1-5-23-11-13-26(14-12-23)30-31(27-17-15-25(16-18-27)24-9-7-6-8-10-24)34-35-32(30)28-19-21-29(22-20-28)33(2,3)4/h6-22H,5H2,1-4H3,(H,34,35). The molecular formula is C33H32N2. The monoisotopic (exact) mass is 456 g/mol. The topological polar surface area (TPSA) is 28.7 Å². The first-order valence-corrected chi connectivity index (χ1v) is 12.4. The fraction of sp³-hybridized carbons (Fsp3) is 0.182. The van der Waals surface area contributed by atoms with Gasteiger partial charge >= 0.3 is 0 Å². The summed E-state index contributed by atoms with van der Waals surface area (Å²) in [5.41, 5.74) is 11.8. The van der Waals surface area contributed by atoms with Crippen LogP contribution in [-0.2, 0) is 11.8 Å². The van der Waals surface area contributed by atoms with Gasteiger partial charge in [0.05, 0.1) is 5.69 Å². The van der Waals surface area contributed by atoms with Crippen LogP contribution in [0.5, 0.6) is 0 Å². The number of aromatic nitrogens is 2. The lowest BCUT2D eigenvalue weighted by Crippen LogP contribution is -2.10. The summed E-state index contributed by atoms with van der Waals surface area (Å²) in [6.45, 7) is 8.93. The fourth-order valence-electron chi connectivity index (χ4n) is 4.54. The van der Waals surface area contributed by atoms with Crippen LogP contribution in [0.15, 0.2) is 103 Å². The smallest absolute Gasteiger partial charge is 0.101 e. The highest BCUT2D eigenvalue weighted by atomic mass is 15.1. The van der Waals surface area contributed by atoms with Gasteiger partial charge in [-0.3, -0.25) is 5.10 Å². The van der Waals surface area contributed by atoms with Gasteiger partial charge in [-0.1, -0.05) is 131 Å². The van der Waals surface area contributed by atoms with Gasteiger partial charge in [0.1, 0.15) is 5.69 Å². The molecule has 4 aromatic carbocycles. The van der Waals surface area contributed by atoms with E-state index in [-0.39, 0.29) is 5.41 Å². The van der Waals surface area contributed by atoms with Crippen LogP contribution >= 0.6 is 0 Å². The van der Waals surface area contributed by atoms with Crippen molar-refractivity contribution in [1.29, 1.82) is 0 Å². The quantitative estimate of drug-likeness (QED) is 0.281. The van der Waals surface area contributed by atoms with Crippen LogP contribution in [-0.4, -0.2) is 10.2 Å². The van der Waals surface area contributed by atoms with E-state index in [1.165, 1.54) is 27.8 Å². The number of H-pyrrole nitrogens is 1. The van der Waals surface area contributed by atoms with E-state index >= 15 is 0 Å². The summed E-state index contributed by atoms with van der Waals surface area (Å²) < 4.78 is 0. The van der Waals surface area contributed by atoms with Crippen LogP contribution < -0.4 is 0 Å². The molecule has 5 rings (SSSR count). The Kier molecular flexibility index (Phi) is 6.13. The van der Waals surface area contributed by atoms with Crippen LogP contribution in [0.4, 0.5) is 0 Å². The van der Waals surface area contributed by atoms with E-state index in [1.807, 2.05) is 6.07 Å². The minimum absolute atomic E-state index is 0.122. The van der Waals surface area contributed by atoms with Crippen molar-refractivity contribution in [2.24, 2.45) is 0 Å². The van der Waals surface area contributed by atoms with Crippen molar-refractivity contribution in [3.63, 3.8) is 0 Å².